The Kier molecular flexibility index (Phi) is 2.91. The fourth-order valence-corrected chi connectivity index (χ4v) is 2.31. The largest absolute Gasteiger partial charge is 0.476 e. The van der Waals surface area contributed by atoms with Gasteiger partial charge in [0.2, 0.25) is 0 Å². The van der Waals surface area contributed by atoms with Gasteiger partial charge in [-0.3, -0.25) is 0 Å². The van der Waals surface area contributed by atoms with Crippen LogP contribution in [0.4, 0.5) is 0 Å². The van der Waals surface area contributed by atoms with Crippen LogP contribution >= 0.6 is 0 Å². The van der Waals surface area contributed by atoms with Gasteiger partial charge in [-0.2, -0.15) is 0 Å². The van der Waals surface area contributed by atoms with Crippen LogP contribution in [0.2, 0.25) is 0 Å². The zero-order valence-electron chi connectivity index (χ0n) is 10.9. The fraction of sp³-hybridized carbons (Fsp3) is 0.0625. The standard InChI is InChI=1S/C16H13NO3/c1-17-13-10-6-5-9-12(13)15(14(17)16(18)19)20-11-7-3-2-4-8-11/h2-10H,1H3,(H,18,19). The minimum absolute atomic E-state index is 0.148. The van der Waals surface area contributed by atoms with Crippen molar-refractivity contribution in [3.63, 3.8) is 0 Å². The summed E-state index contributed by atoms with van der Waals surface area (Å²) in [6.07, 6.45) is 0. The quantitative estimate of drug-likeness (QED) is 0.787. The smallest absolute Gasteiger partial charge is 0.356 e. The molecule has 4 heteroatoms. The Balaban J connectivity index is 2.22. The highest BCUT2D eigenvalue weighted by Crippen LogP contribution is 2.35. The van der Waals surface area contributed by atoms with Gasteiger partial charge in [0.15, 0.2) is 11.4 Å². The molecule has 100 valence electrons. The van der Waals surface area contributed by atoms with Crippen LogP contribution in [0.3, 0.4) is 0 Å². The molecule has 3 rings (SSSR count). The van der Waals surface area contributed by atoms with Crippen LogP contribution in [-0.4, -0.2) is 15.6 Å². The number of benzene rings is 2. The molecule has 0 unspecified atom stereocenters. The first-order valence-electron chi connectivity index (χ1n) is 6.22. The van der Waals surface area contributed by atoms with Crippen LogP contribution in [0.15, 0.2) is 54.6 Å². The van der Waals surface area contributed by atoms with Crippen molar-refractivity contribution >= 4 is 16.9 Å². The van der Waals surface area contributed by atoms with E-state index in [9.17, 15) is 9.90 Å². The fourth-order valence-electron chi connectivity index (χ4n) is 2.31. The van der Waals surface area contributed by atoms with Crippen LogP contribution < -0.4 is 4.74 Å². The van der Waals surface area contributed by atoms with E-state index in [4.69, 9.17) is 4.74 Å². The SMILES string of the molecule is Cn1c(C(=O)O)c(Oc2ccccc2)c2ccccc21. The van der Waals surface area contributed by atoms with Gasteiger partial charge in [0.1, 0.15) is 5.75 Å². The van der Waals surface area contributed by atoms with Crippen molar-refractivity contribution in [1.29, 1.82) is 0 Å². The van der Waals surface area contributed by atoms with Gasteiger partial charge in [0, 0.05) is 12.4 Å². The summed E-state index contributed by atoms with van der Waals surface area (Å²) in [7, 11) is 1.73. The van der Waals surface area contributed by atoms with Crippen molar-refractivity contribution in [3.8, 4) is 11.5 Å². The summed E-state index contributed by atoms with van der Waals surface area (Å²) in [5.41, 5.74) is 0.978. The topological polar surface area (TPSA) is 51.5 Å². The third kappa shape index (κ3) is 1.91. The second kappa shape index (κ2) is 4.74. The van der Waals surface area contributed by atoms with Gasteiger partial charge < -0.3 is 14.4 Å². The maximum Gasteiger partial charge on any atom is 0.356 e. The minimum Gasteiger partial charge on any atom is -0.476 e. The molecular formula is C16H13NO3. The maximum absolute atomic E-state index is 11.5. The average Bonchev–Trinajstić information content (AvgIpc) is 2.74. The number of aromatic carboxylic acids is 1. The summed E-state index contributed by atoms with van der Waals surface area (Å²) in [6, 6.07) is 16.7. The number of hydrogen-bond acceptors (Lipinski definition) is 2. The molecule has 3 aromatic rings. The molecular weight excluding hydrogens is 254 g/mol. The number of hydrogen-bond donors (Lipinski definition) is 1. The van der Waals surface area contributed by atoms with E-state index < -0.39 is 5.97 Å². The lowest BCUT2D eigenvalue weighted by Crippen LogP contribution is -2.05. The molecule has 0 spiro atoms. The van der Waals surface area contributed by atoms with Crippen molar-refractivity contribution in [2.75, 3.05) is 0 Å². The van der Waals surface area contributed by atoms with Crippen LogP contribution in [0.5, 0.6) is 11.5 Å². The molecule has 0 radical (unpaired) electrons. The number of aryl methyl sites for hydroxylation is 1. The molecule has 0 aliphatic heterocycles. The van der Waals surface area contributed by atoms with Gasteiger partial charge in [-0.05, 0) is 24.3 Å². The van der Waals surface area contributed by atoms with Crippen LogP contribution in [0.25, 0.3) is 10.9 Å². The number of carboxylic acids is 1. The Morgan fingerprint density at radius 3 is 2.40 bits per heavy atom. The van der Waals surface area contributed by atoms with E-state index in [1.807, 2.05) is 42.5 Å². The first-order chi connectivity index (χ1) is 9.68. The van der Waals surface area contributed by atoms with Crippen molar-refractivity contribution in [1.82, 2.24) is 4.57 Å². The molecule has 2 aromatic carbocycles. The first kappa shape index (κ1) is 12.3. The number of ether oxygens (including phenoxy) is 1. The first-order valence-corrected chi connectivity index (χ1v) is 6.22. The molecule has 0 fully saturated rings. The summed E-state index contributed by atoms with van der Waals surface area (Å²) in [4.78, 5) is 11.5. The summed E-state index contributed by atoms with van der Waals surface area (Å²) in [6.45, 7) is 0. The van der Waals surface area contributed by atoms with Gasteiger partial charge in [-0.1, -0.05) is 30.3 Å². The van der Waals surface area contributed by atoms with Crippen LogP contribution in [0.1, 0.15) is 10.5 Å². The van der Waals surface area contributed by atoms with E-state index in [2.05, 4.69) is 0 Å². The van der Waals surface area contributed by atoms with Gasteiger partial charge in [-0.25, -0.2) is 4.79 Å². The zero-order chi connectivity index (χ0) is 14.1. The molecule has 0 aliphatic carbocycles. The number of carboxylic acid groups (broad SMARTS) is 1. The van der Waals surface area contributed by atoms with Gasteiger partial charge in [0.05, 0.1) is 5.52 Å². The highest BCUT2D eigenvalue weighted by Gasteiger charge is 2.22. The van der Waals surface area contributed by atoms with Gasteiger partial charge in [-0.15, -0.1) is 0 Å². The molecule has 4 nitrogen and oxygen atoms in total. The highest BCUT2D eigenvalue weighted by atomic mass is 16.5. The summed E-state index contributed by atoms with van der Waals surface area (Å²) < 4.78 is 7.44. The minimum atomic E-state index is -1.00. The lowest BCUT2D eigenvalue weighted by molar-refractivity contribution is 0.0684. The van der Waals surface area contributed by atoms with E-state index in [0.29, 0.717) is 11.5 Å². The Morgan fingerprint density at radius 2 is 1.70 bits per heavy atom. The number of rotatable bonds is 3. The molecule has 0 atom stereocenters. The molecule has 0 saturated carbocycles. The maximum atomic E-state index is 11.5. The zero-order valence-corrected chi connectivity index (χ0v) is 10.9. The van der Waals surface area contributed by atoms with E-state index >= 15 is 0 Å². The Hall–Kier alpha value is -2.75. The lowest BCUT2D eigenvalue weighted by Gasteiger charge is -2.06. The normalized spacial score (nSPS) is 10.7. The number of nitrogens with zero attached hydrogens (tertiary/aromatic N) is 1. The second-order valence-electron chi connectivity index (χ2n) is 4.47. The van der Waals surface area contributed by atoms with Crippen molar-refractivity contribution in [2.45, 2.75) is 0 Å². The number of para-hydroxylation sites is 2. The van der Waals surface area contributed by atoms with Gasteiger partial charge >= 0.3 is 5.97 Å². The summed E-state index contributed by atoms with van der Waals surface area (Å²) in [5, 5.41) is 10.2. The van der Waals surface area contributed by atoms with E-state index in [1.165, 1.54) is 0 Å². The van der Waals surface area contributed by atoms with Crippen molar-refractivity contribution in [2.24, 2.45) is 7.05 Å². The Labute approximate surface area is 115 Å². The predicted molar refractivity (Wildman–Crippen MR) is 76.4 cm³/mol. The molecule has 1 N–H and O–H groups in total. The molecule has 1 heterocycles. The second-order valence-corrected chi connectivity index (χ2v) is 4.47. The lowest BCUT2D eigenvalue weighted by atomic mass is 10.2. The van der Waals surface area contributed by atoms with Crippen molar-refractivity contribution < 1.29 is 14.6 Å². The van der Waals surface area contributed by atoms with Crippen LogP contribution in [-0.2, 0) is 7.05 Å². The molecule has 20 heavy (non-hydrogen) atoms. The Morgan fingerprint density at radius 1 is 1.05 bits per heavy atom. The van der Waals surface area contributed by atoms with E-state index in [-0.39, 0.29) is 5.69 Å². The predicted octanol–water partition coefficient (Wildman–Crippen LogP) is 3.67. The van der Waals surface area contributed by atoms with Crippen LogP contribution in [0, 0.1) is 0 Å². The third-order valence-corrected chi connectivity index (χ3v) is 3.23. The van der Waals surface area contributed by atoms with Crippen molar-refractivity contribution in [3.05, 3.63) is 60.3 Å². The molecule has 0 aliphatic rings. The third-order valence-electron chi connectivity index (χ3n) is 3.23. The number of aromatic nitrogens is 1. The monoisotopic (exact) mass is 267 g/mol. The Bertz CT molecular complexity index is 775. The number of fused-ring (bicyclic) bond motifs is 1. The molecule has 0 amide bonds. The number of carbonyl (C=O) groups is 1. The van der Waals surface area contributed by atoms with E-state index in [1.54, 1.807) is 23.7 Å². The molecule has 0 bridgehead atoms. The average molecular weight is 267 g/mol. The van der Waals surface area contributed by atoms with E-state index in [0.717, 1.165) is 10.9 Å². The van der Waals surface area contributed by atoms with Gasteiger partial charge in [0.25, 0.3) is 0 Å². The summed E-state index contributed by atoms with van der Waals surface area (Å²) >= 11 is 0. The molecule has 1 aromatic heterocycles. The molecule has 0 saturated heterocycles. The summed E-state index contributed by atoms with van der Waals surface area (Å²) in [5.74, 6) is -0.0113. The highest BCUT2D eigenvalue weighted by molar-refractivity contribution is 6.01.